The van der Waals surface area contributed by atoms with Crippen LogP contribution in [0.5, 0.6) is 0 Å². The number of hydrogen-bond donors (Lipinski definition) is 0. The standard InChI is InChI=1S/C10H10BrClO/c1-6(7(2)13)9-4-3-8(11)5-10(9)12/h3-6H,1-2H3. The molecule has 0 aliphatic carbocycles. The maximum absolute atomic E-state index is 11.1. The monoisotopic (exact) mass is 260 g/mol. The topological polar surface area (TPSA) is 17.1 Å². The Morgan fingerprint density at radius 2 is 2.15 bits per heavy atom. The maximum Gasteiger partial charge on any atom is 0.137 e. The summed E-state index contributed by atoms with van der Waals surface area (Å²) in [6.45, 7) is 3.43. The summed E-state index contributed by atoms with van der Waals surface area (Å²) in [7, 11) is 0. The van der Waals surface area contributed by atoms with Gasteiger partial charge in [-0.05, 0) is 24.6 Å². The van der Waals surface area contributed by atoms with E-state index in [4.69, 9.17) is 11.6 Å². The minimum Gasteiger partial charge on any atom is -0.299 e. The van der Waals surface area contributed by atoms with Crippen molar-refractivity contribution in [2.75, 3.05) is 0 Å². The minimum absolute atomic E-state index is 0.124. The molecule has 0 N–H and O–H groups in total. The molecule has 1 rings (SSSR count). The van der Waals surface area contributed by atoms with Gasteiger partial charge in [-0.1, -0.05) is 40.5 Å². The van der Waals surface area contributed by atoms with Crippen molar-refractivity contribution in [3.63, 3.8) is 0 Å². The van der Waals surface area contributed by atoms with Crippen LogP contribution in [0.4, 0.5) is 0 Å². The molecule has 1 unspecified atom stereocenters. The van der Waals surface area contributed by atoms with Gasteiger partial charge >= 0.3 is 0 Å². The fourth-order valence-electron chi connectivity index (χ4n) is 1.07. The summed E-state index contributed by atoms with van der Waals surface area (Å²) in [6, 6.07) is 5.56. The molecule has 70 valence electrons. The third-order valence-electron chi connectivity index (χ3n) is 2.04. The second-order valence-corrected chi connectivity index (χ2v) is 4.32. The largest absolute Gasteiger partial charge is 0.299 e. The van der Waals surface area contributed by atoms with E-state index in [1.807, 2.05) is 19.1 Å². The number of hydrogen-bond acceptors (Lipinski definition) is 1. The van der Waals surface area contributed by atoms with Crippen LogP contribution in [0.2, 0.25) is 5.02 Å². The third-order valence-corrected chi connectivity index (χ3v) is 2.86. The SMILES string of the molecule is CC(=O)C(C)c1ccc(Br)cc1Cl. The van der Waals surface area contributed by atoms with Gasteiger partial charge < -0.3 is 0 Å². The van der Waals surface area contributed by atoms with Gasteiger partial charge in [0.05, 0.1) is 0 Å². The van der Waals surface area contributed by atoms with Crippen molar-refractivity contribution in [1.29, 1.82) is 0 Å². The highest BCUT2D eigenvalue weighted by atomic mass is 79.9. The van der Waals surface area contributed by atoms with E-state index in [1.54, 1.807) is 13.0 Å². The Labute approximate surface area is 91.2 Å². The highest BCUT2D eigenvalue weighted by Crippen LogP contribution is 2.27. The highest BCUT2D eigenvalue weighted by Gasteiger charge is 2.13. The molecule has 1 aromatic rings. The average molecular weight is 262 g/mol. The highest BCUT2D eigenvalue weighted by molar-refractivity contribution is 9.10. The van der Waals surface area contributed by atoms with E-state index in [0.29, 0.717) is 5.02 Å². The zero-order valence-electron chi connectivity index (χ0n) is 7.47. The van der Waals surface area contributed by atoms with Crippen LogP contribution in [0, 0.1) is 0 Å². The van der Waals surface area contributed by atoms with Gasteiger partial charge in [0.1, 0.15) is 5.78 Å². The van der Waals surface area contributed by atoms with Crippen LogP contribution < -0.4 is 0 Å². The smallest absolute Gasteiger partial charge is 0.137 e. The first-order chi connectivity index (χ1) is 6.02. The van der Waals surface area contributed by atoms with Crippen LogP contribution in [-0.2, 0) is 4.79 Å². The first-order valence-corrected chi connectivity index (χ1v) is 5.15. The number of rotatable bonds is 2. The van der Waals surface area contributed by atoms with Gasteiger partial charge in [0.25, 0.3) is 0 Å². The van der Waals surface area contributed by atoms with Crippen LogP contribution in [-0.4, -0.2) is 5.78 Å². The van der Waals surface area contributed by atoms with Crippen molar-refractivity contribution >= 4 is 33.3 Å². The fourth-order valence-corrected chi connectivity index (χ4v) is 1.91. The maximum atomic E-state index is 11.1. The van der Waals surface area contributed by atoms with E-state index in [9.17, 15) is 4.79 Å². The quantitative estimate of drug-likeness (QED) is 0.791. The number of ketones is 1. The number of Topliss-reactive ketones (excluding diaryl/α,β-unsaturated/α-hetero) is 1. The van der Waals surface area contributed by atoms with Gasteiger partial charge in [-0.3, -0.25) is 4.79 Å². The Morgan fingerprint density at radius 3 is 2.62 bits per heavy atom. The summed E-state index contributed by atoms with van der Waals surface area (Å²) in [4.78, 5) is 11.1. The lowest BCUT2D eigenvalue weighted by molar-refractivity contribution is -0.118. The normalized spacial score (nSPS) is 12.6. The molecule has 1 aromatic carbocycles. The fraction of sp³-hybridized carbons (Fsp3) is 0.300. The molecule has 0 aromatic heterocycles. The molecule has 0 bridgehead atoms. The second kappa shape index (κ2) is 4.25. The first-order valence-electron chi connectivity index (χ1n) is 3.97. The van der Waals surface area contributed by atoms with E-state index >= 15 is 0 Å². The van der Waals surface area contributed by atoms with Gasteiger partial charge in [-0.2, -0.15) is 0 Å². The Hall–Kier alpha value is -0.340. The van der Waals surface area contributed by atoms with E-state index in [0.717, 1.165) is 10.0 Å². The zero-order chi connectivity index (χ0) is 10.0. The van der Waals surface area contributed by atoms with Crippen molar-refractivity contribution in [3.05, 3.63) is 33.3 Å². The molecule has 0 spiro atoms. The van der Waals surface area contributed by atoms with Crippen molar-refractivity contribution in [2.24, 2.45) is 0 Å². The molecular weight excluding hydrogens is 251 g/mol. The average Bonchev–Trinajstić information content (AvgIpc) is 2.03. The minimum atomic E-state index is -0.124. The van der Waals surface area contributed by atoms with Crippen LogP contribution in [0.3, 0.4) is 0 Å². The Morgan fingerprint density at radius 1 is 1.54 bits per heavy atom. The Bertz CT molecular complexity index is 336. The zero-order valence-corrected chi connectivity index (χ0v) is 9.82. The van der Waals surface area contributed by atoms with Gasteiger partial charge in [-0.25, -0.2) is 0 Å². The number of benzene rings is 1. The van der Waals surface area contributed by atoms with Gasteiger partial charge in [0, 0.05) is 15.4 Å². The molecule has 3 heteroatoms. The third kappa shape index (κ3) is 2.55. The molecule has 0 heterocycles. The van der Waals surface area contributed by atoms with Crippen LogP contribution in [0.1, 0.15) is 25.3 Å². The number of carbonyl (C=O) groups excluding carboxylic acids is 1. The van der Waals surface area contributed by atoms with E-state index in [-0.39, 0.29) is 11.7 Å². The molecule has 0 saturated heterocycles. The van der Waals surface area contributed by atoms with Crippen molar-refractivity contribution in [3.8, 4) is 0 Å². The first kappa shape index (κ1) is 10.7. The molecule has 0 radical (unpaired) electrons. The Balaban J connectivity index is 3.08. The number of halogens is 2. The molecule has 0 fully saturated rings. The molecule has 1 atom stereocenters. The van der Waals surface area contributed by atoms with Gasteiger partial charge in [-0.15, -0.1) is 0 Å². The molecule has 0 amide bonds. The van der Waals surface area contributed by atoms with Crippen LogP contribution in [0.15, 0.2) is 22.7 Å². The molecule has 0 aliphatic heterocycles. The summed E-state index contributed by atoms with van der Waals surface area (Å²) < 4.78 is 0.928. The summed E-state index contributed by atoms with van der Waals surface area (Å²) in [5.74, 6) is 0.00447. The summed E-state index contributed by atoms with van der Waals surface area (Å²) in [5.41, 5.74) is 0.886. The predicted octanol–water partition coefficient (Wildman–Crippen LogP) is 3.80. The second-order valence-electron chi connectivity index (χ2n) is 3.00. The lowest BCUT2D eigenvalue weighted by Crippen LogP contribution is -2.04. The number of carbonyl (C=O) groups is 1. The van der Waals surface area contributed by atoms with Gasteiger partial charge in [0.15, 0.2) is 0 Å². The molecule has 0 aliphatic rings. The summed E-state index contributed by atoms with van der Waals surface area (Å²) in [6.07, 6.45) is 0. The van der Waals surface area contributed by atoms with E-state index < -0.39 is 0 Å². The van der Waals surface area contributed by atoms with E-state index in [1.165, 1.54) is 0 Å². The molecule has 1 nitrogen and oxygen atoms in total. The molecule has 0 saturated carbocycles. The lowest BCUT2D eigenvalue weighted by Gasteiger charge is -2.09. The lowest BCUT2D eigenvalue weighted by atomic mass is 9.98. The predicted molar refractivity (Wildman–Crippen MR) is 58.2 cm³/mol. The van der Waals surface area contributed by atoms with Crippen molar-refractivity contribution < 1.29 is 4.79 Å². The summed E-state index contributed by atoms with van der Waals surface area (Å²) in [5, 5.41) is 0.636. The van der Waals surface area contributed by atoms with Gasteiger partial charge in [0.2, 0.25) is 0 Å². The van der Waals surface area contributed by atoms with Crippen LogP contribution in [0.25, 0.3) is 0 Å². The summed E-state index contributed by atoms with van der Waals surface area (Å²) >= 11 is 9.30. The molecular formula is C10H10BrClO. The van der Waals surface area contributed by atoms with E-state index in [2.05, 4.69) is 15.9 Å². The molecule has 13 heavy (non-hydrogen) atoms. The van der Waals surface area contributed by atoms with Crippen molar-refractivity contribution in [2.45, 2.75) is 19.8 Å². The van der Waals surface area contributed by atoms with Crippen molar-refractivity contribution in [1.82, 2.24) is 0 Å². The van der Waals surface area contributed by atoms with Crippen LogP contribution >= 0.6 is 27.5 Å². The Kier molecular flexibility index (Phi) is 3.51.